The van der Waals surface area contributed by atoms with Crippen LogP contribution in [0.3, 0.4) is 0 Å². The molecule has 1 aliphatic rings. The van der Waals surface area contributed by atoms with Crippen molar-refractivity contribution in [3.8, 4) is 0 Å². The molecule has 2 amide bonds. The molecule has 0 aromatic heterocycles. The number of amides is 2. The lowest BCUT2D eigenvalue weighted by Gasteiger charge is -2.31. The van der Waals surface area contributed by atoms with Gasteiger partial charge in [0.05, 0.1) is 5.75 Å². The van der Waals surface area contributed by atoms with E-state index in [0.717, 1.165) is 31.2 Å². The summed E-state index contributed by atoms with van der Waals surface area (Å²) in [7, 11) is 0. The Hall–Kier alpha value is -1.76. The first-order chi connectivity index (χ1) is 15.9. The van der Waals surface area contributed by atoms with Gasteiger partial charge in [-0.3, -0.25) is 9.59 Å². The zero-order chi connectivity index (χ0) is 23.8. The molecule has 1 aliphatic carbocycles. The maximum atomic E-state index is 14.1. The number of rotatable bonds is 10. The third-order valence-electron chi connectivity index (χ3n) is 5.92. The lowest BCUT2D eigenvalue weighted by atomic mass is 10.1. The Morgan fingerprint density at radius 2 is 1.82 bits per heavy atom. The second kappa shape index (κ2) is 12.6. The molecule has 1 saturated carbocycles. The Morgan fingerprint density at radius 3 is 2.48 bits per heavy atom. The molecule has 1 N–H and O–H groups in total. The van der Waals surface area contributed by atoms with Crippen molar-refractivity contribution >= 4 is 46.8 Å². The van der Waals surface area contributed by atoms with Crippen molar-refractivity contribution < 1.29 is 14.0 Å². The molecule has 8 heteroatoms. The van der Waals surface area contributed by atoms with Crippen LogP contribution in [0.4, 0.5) is 4.39 Å². The van der Waals surface area contributed by atoms with E-state index in [2.05, 4.69) is 5.32 Å². The topological polar surface area (TPSA) is 49.4 Å². The van der Waals surface area contributed by atoms with Crippen LogP contribution in [0, 0.1) is 5.82 Å². The van der Waals surface area contributed by atoms with Crippen LogP contribution in [0.5, 0.6) is 0 Å². The molecule has 178 valence electrons. The lowest BCUT2D eigenvalue weighted by Crippen LogP contribution is -2.51. The highest BCUT2D eigenvalue weighted by Gasteiger charge is 2.31. The summed E-state index contributed by atoms with van der Waals surface area (Å²) in [6, 6.07) is 11.4. The number of thioether (sulfide) groups is 1. The molecule has 2 aromatic carbocycles. The molecular formula is C25H29Cl2FN2O2S. The Kier molecular flexibility index (Phi) is 9.90. The summed E-state index contributed by atoms with van der Waals surface area (Å²) < 4.78 is 14.1. The molecule has 4 nitrogen and oxygen atoms in total. The van der Waals surface area contributed by atoms with Crippen molar-refractivity contribution in [2.24, 2.45) is 0 Å². The highest BCUT2D eigenvalue weighted by molar-refractivity contribution is 7.99. The molecule has 0 spiro atoms. The standard InChI is InChI=1S/C25H29Cl2FN2O2S/c1-2-23(25(32)29-18-9-4-5-10-18)30(14-17-8-3-6-11-20(17)26)24(31)16-33-15-19-21(27)12-7-13-22(19)28/h3,6-8,11-13,18,23H,2,4-5,9-10,14-16H2,1H3,(H,29,32). The maximum Gasteiger partial charge on any atom is 0.243 e. The van der Waals surface area contributed by atoms with Crippen molar-refractivity contribution in [3.63, 3.8) is 0 Å². The molecule has 1 fully saturated rings. The van der Waals surface area contributed by atoms with Gasteiger partial charge in [-0.1, -0.05) is 67.2 Å². The monoisotopic (exact) mass is 510 g/mol. The first-order valence-electron chi connectivity index (χ1n) is 11.2. The first kappa shape index (κ1) is 25.9. The van der Waals surface area contributed by atoms with Crippen molar-refractivity contribution in [3.05, 3.63) is 69.5 Å². The van der Waals surface area contributed by atoms with E-state index in [-0.39, 0.29) is 35.9 Å². The number of halogens is 3. The highest BCUT2D eigenvalue weighted by atomic mass is 35.5. The van der Waals surface area contributed by atoms with E-state index in [1.54, 1.807) is 23.1 Å². The predicted octanol–water partition coefficient (Wildman–Crippen LogP) is 6.23. The fourth-order valence-corrected chi connectivity index (χ4v) is 5.54. The van der Waals surface area contributed by atoms with Gasteiger partial charge in [0.2, 0.25) is 11.8 Å². The Morgan fingerprint density at radius 1 is 1.12 bits per heavy atom. The number of nitrogens with zero attached hydrogens (tertiary/aromatic N) is 1. The Labute approximate surface area is 209 Å². The van der Waals surface area contributed by atoms with E-state index in [4.69, 9.17) is 23.2 Å². The van der Waals surface area contributed by atoms with Gasteiger partial charge in [-0.25, -0.2) is 4.39 Å². The number of carbonyl (C=O) groups is 2. The van der Waals surface area contributed by atoms with E-state index in [9.17, 15) is 14.0 Å². The molecule has 1 atom stereocenters. The zero-order valence-electron chi connectivity index (χ0n) is 18.7. The van der Waals surface area contributed by atoms with Crippen LogP contribution in [0.15, 0.2) is 42.5 Å². The average Bonchev–Trinajstić information content (AvgIpc) is 3.29. The summed E-state index contributed by atoms with van der Waals surface area (Å²) in [4.78, 5) is 28.0. The molecule has 3 rings (SSSR count). The molecule has 2 aromatic rings. The second-order valence-electron chi connectivity index (χ2n) is 8.22. The van der Waals surface area contributed by atoms with Gasteiger partial charge in [0.25, 0.3) is 0 Å². The molecule has 33 heavy (non-hydrogen) atoms. The van der Waals surface area contributed by atoms with E-state index in [1.165, 1.54) is 17.8 Å². The number of hydrogen-bond acceptors (Lipinski definition) is 3. The van der Waals surface area contributed by atoms with Gasteiger partial charge in [-0.2, -0.15) is 0 Å². The third kappa shape index (κ3) is 7.11. The maximum absolute atomic E-state index is 14.1. The van der Waals surface area contributed by atoms with Gasteiger partial charge < -0.3 is 10.2 Å². The first-order valence-corrected chi connectivity index (χ1v) is 13.2. The van der Waals surface area contributed by atoms with E-state index in [0.29, 0.717) is 22.0 Å². The van der Waals surface area contributed by atoms with Gasteiger partial charge in [0.1, 0.15) is 11.9 Å². The van der Waals surface area contributed by atoms with Gasteiger partial charge in [0.15, 0.2) is 0 Å². The molecule has 1 unspecified atom stereocenters. The zero-order valence-corrected chi connectivity index (χ0v) is 21.0. The average molecular weight is 511 g/mol. The molecule has 0 bridgehead atoms. The normalized spacial score (nSPS) is 14.8. The van der Waals surface area contributed by atoms with E-state index in [1.807, 2.05) is 25.1 Å². The largest absolute Gasteiger partial charge is 0.352 e. The number of hydrogen-bond donors (Lipinski definition) is 1. The van der Waals surface area contributed by atoms with Gasteiger partial charge >= 0.3 is 0 Å². The molecule has 0 aliphatic heterocycles. The van der Waals surface area contributed by atoms with Crippen LogP contribution < -0.4 is 5.32 Å². The van der Waals surface area contributed by atoms with Gasteiger partial charge in [-0.05, 0) is 43.0 Å². The van der Waals surface area contributed by atoms with Crippen molar-refractivity contribution in [1.82, 2.24) is 10.2 Å². The van der Waals surface area contributed by atoms with Crippen LogP contribution in [0.1, 0.15) is 50.2 Å². The number of carbonyl (C=O) groups excluding carboxylic acids is 2. The number of benzene rings is 2. The molecule has 0 heterocycles. The fraction of sp³-hybridized carbons (Fsp3) is 0.440. The van der Waals surface area contributed by atoms with Crippen LogP contribution in [0.2, 0.25) is 10.0 Å². The lowest BCUT2D eigenvalue weighted by molar-refractivity contribution is -0.139. The minimum Gasteiger partial charge on any atom is -0.352 e. The summed E-state index contributed by atoms with van der Waals surface area (Å²) in [5.41, 5.74) is 1.16. The van der Waals surface area contributed by atoms with E-state index >= 15 is 0 Å². The molecule has 0 radical (unpaired) electrons. The Balaban J connectivity index is 1.73. The minimum atomic E-state index is -0.605. The number of nitrogens with one attached hydrogen (secondary N) is 1. The summed E-state index contributed by atoms with van der Waals surface area (Å²) in [6.07, 6.45) is 4.65. The predicted molar refractivity (Wildman–Crippen MR) is 134 cm³/mol. The summed E-state index contributed by atoms with van der Waals surface area (Å²) in [5, 5.41) is 4.01. The highest BCUT2D eigenvalue weighted by Crippen LogP contribution is 2.26. The van der Waals surface area contributed by atoms with Crippen molar-refractivity contribution in [2.75, 3.05) is 5.75 Å². The van der Waals surface area contributed by atoms with Crippen LogP contribution in [0.25, 0.3) is 0 Å². The van der Waals surface area contributed by atoms with Crippen LogP contribution in [-0.2, 0) is 21.9 Å². The Bertz CT molecular complexity index is 949. The summed E-state index contributed by atoms with van der Waals surface area (Å²) >= 11 is 13.7. The third-order valence-corrected chi connectivity index (χ3v) is 7.59. The molecule has 0 saturated heterocycles. The fourth-order valence-electron chi connectivity index (χ4n) is 4.09. The summed E-state index contributed by atoms with van der Waals surface area (Å²) in [5.74, 6) is -0.351. The smallest absolute Gasteiger partial charge is 0.243 e. The summed E-state index contributed by atoms with van der Waals surface area (Å²) in [6.45, 7) is 2.13. The van der Waals surface area contributed by atoms with Crippen LogP contribution >= 0.6 is 35.0 Å². The van der Waals surface area contributed by atoms with Gasteiger partial charge in [0, 0.05) is 33.9 Å². The quantitative estimate of drug-likeness (QED) is 0.411. The van der Waals surface area contributed by atoms with Crippen LogP contribution in [-0.4, -0.2) is 34.6 Å². The van der Waals surface area contributed by atoms with Crippen molar-refractivity contribution in [2.45, 2.75) is 63.4 Å². The second-order valence-corrected chi connectivity index (χ2v) is 10.0. The SMILES string of the molecule is CCC(C(=O)NC1CCCC1)N(Cc1ccccc1Cl)C(=O)CSCc1c(F)cccc1Cl. The van der Waals surface area contributed by atoms with E-state index < -0.39 is 11.9 Å². The van der Waals surface area contributed by atoms with Crippen molar-refractivity contribution in [1.29, 1.82) is 0 Å². The van der Waals surface area contributed by atoms with Gasteiger partial charge in [-0.15, -0.1) is 11.8 Å². The minimum absolute atomic E-state index is 0.0995. The molecular weight excluding hydrogens is 482 g/mol.